The van der Waals surface area contributed by atoms with Crippen molar-refractivity contribution >= 4 is 22.4 Å². The van der Waals surface area contributed by atoms with Crippen molar-refractivity contribution in [1.82, 2.24) is 9.97 Å². The molecule has 88 valence electrons. The van der Waals surface area contributed by atoms with Crippen molar-refractivity contribution in [3.63, 3.8) is 0 Å². The molecule has 0 aromatic carbocycles. The molecule has 0 aliphatic rings. The highest BCUT2D eigenvalue weighted by Gasteiger charge is 2.12. The van der Waals surface area contributed by atoms with Crippen molar-refractivity contribution in [3.05, 3.63) is 44.8 Å². The Hall–Kier alpha value is -1.95. The fourth-order valence-corrected chi connectivity index (χ4v) is 2.10. The van der Waals surface area contributed by atoms with Gasteiger partial charge in [-0.15, -0.1) is 11.3 Å². The molecule has 2 heterocycles. The van der Waals surface area contributed by atoms with Crippen molar-refractivity contribution in [2.45, 2.75) is 13.8 Å². The molecule has 0 saturated carbocycles. The van der Waals surface area contributed by atoms with Crippen LogP contribution in [-0.2, 0) is 0 Å². The third kappa shape index (κ3) is 2.42. The second-order valence-electron chi connectivity index (χ2n) is 3.53. The van der Waals surface area contributed by atoms with Gasteiger partial charge >= 0.3 is 0 Å². The first-order chi connectivity index (χ1) is 8.08. The average Bonchev–Trinajstić information content (AvgIpc) is 2.58. The molecular formula is C11H11N3O2S. The zero-order chi connectivity index (χ0) is 12.4. The first-order valence-corrected chi connectivity index (χ1v) is 5.82. The van der Waals surface area contributed by atoms with Crippen molar-refractivity contribution < 1.29 is 4.79 Å². The lowest BCUT2D eigenvalue weighted by atomic mass is 10.3. The van der Waals surface area contributed by atoms with Gasteiger partial charge in [0, 0.05) is 11.1 Å². The lowest BCUT2D eigenvalue weighted by Gasteiger charge is -1.99. The van der Waals surface area contributed by atoms with Crippen LogP contribution in [0.25, 0.3) is 0 Å². The molecule has 0 aliphatic carbocycles. The second kappa shape index (κ2) is 4.50. The first-order valence-electron chi connectivity index (χ1n) is 5.01. The Morgan fingerprint density at radius 3 is 2.82 bits per heavy atom. The van der Waals surface area contributed by atoms with Gasteiger partial charge in [0.15, 0.2) is 5.13 Å². The summed E-state index contributed by atoms with van der Waals surface area (Å²) in [6.07, 6.45) is 1.48. The number of carbonyl (C=O) groups is 1. The summed E-state index contributed by atoms with van der Waals surface area (Å²) in [6, 6.07) is 3.08. The van der Waals surface area contributed by atoms with Crippen LogP contribution in [0.3, 0.4) is 0 Å². The number of nitrogens with zero attached hydrogens (tertiary/aromatic N) is 1. The van der Waals surface area contributed by atoms with Crippen LogP contribution in [0.15, 0.2) is 23.1 Å². The Bertz CT molecular complexity index is 596. The van der Waals surface area contributed by atoms with Gasteiger partial charge in [-0.3, -0.25) is 14.9 Å². The monoisotopic (exact) mass is 249 g/mol. The van der Waals surface area contributed by atoms with Crippen LogP contribution >= 0.6 is 11.3 Å². The molecular weight excluding hydrogens is 238 g/mol. The number of amides is 1. The molecule has 2 rings (SSSR count). The van der Waals surface area contributed by atoms with Crippen LogP contribution in [0.1, 0.15) is 20.9 Å². The molecule has 0 unspecified atom stereocenters. The third-order valence-electron chi connectivity index (χ3n) is 2.31. The van der Waals surface area contributed by atoms with E-state index >= 15 is 0 Å². The van der Waals surface area contributed by atoms with Crippen LogP contribution in [0.2, 0.25) is 0 Å². The number of aryl methyl sites for hydroxylation is 2. The molecule has 5 nitrogen and oxygen atoms in total. The van der Waals surface area contributed by atoms with E-state index in [1.807, 2.05) is 13.8 Å². The molecule has 2 N–H and O–H groups in total. The van der Waals surface area contributed by atoms with Gasteiger partial charge in [0.05, 0.1) is 5.69 Å². The maximum absolute atomic E-state index is 11.8. The molecule has 0 bridgehead atoms. The van der Waals surface area contributed by atoms with E-state index in [1.165, 1.54) is 23.6 Å². The maximum Gasteiger partial charge on any atom is 0.263 e. The number of pyridine rings is 1. The van der Waals surface area contributed by atoms with Gasteiger partial charge in [-0.2, -0.15) is 0 Å². The number of aromatic nitrogens is 2. The zero-order valence-electron chi connectivity index (χ0n) is 9.40. The Morgan fingerprint density at radius 1 is 1.47 bits per heavy atom. The van der Waals surface area contributed by atoms with E-state index in [-0.39, 0.29) is 5.56 Å². The minimum atomic E-state index is -0.444. The number of hydrogen-bond acceptors (Lipinski definition) is 4. The Labute approximate surface area is 102 Å². The molecule has 1 amide bonds. The van der Waals surface area contributed by atoms with E-state index in [0.717, 1.165) is 10.6 Å². The summed E-state index contributed by atoms with van der Waals surface area (Å²) in [5.74, 6) is -0.444. The highest BCUT2D eigenvalue weighted by Crippen LogP contribution is 2.21. The normalized spacial score (nSPS) is 10.2. The summed E-state index contributed by atoms with van der Waals surface area (Å²) in [4.78, 5) is 30.9. The quantitative estimate of drug-likeness (QED) is 0.850. The number of anilines is 1. The number of rotatable bonds is 2. The zero-order valence-corrected chi connectivity index (χ0v) is 10.2. The maximum atomic E-state index is 11.8. The third-order valence-corrected chi connectivity index (χ3v) is 3.30. The van der Waals surface area contributed by atoms with E-state index in [9.17, 15) is 9.59 Å². The van der Waals surface area contributed by atoms with Gasteiger partial charge in [0.25, 0.3) is 11.5 Å². The highest BCUT2D eigenvalue weighted by atomic mass is 32.1. The predicted molar refractivity (Wildman–Crippen MR) is 66.6 cm³/mol. The van der Waals surface area contributed by atoms with Crippen molar-refractivity contribution in [2.24, 2.45) is 0 Å². The summed E-state index contributed by atoms with van der Waals surface area (Å²) >= 11 is 1.39. The molecule has 2 aromatic heterocycles. The molecule has 0 atom stereocenters. The number of carbonyl (C=O) groups excluding carboxylic acids is 1. The van der Waals surface area contributed by atoms with Gasteiger partial charge < -0.3 is 4.98 Å². The van der Waals surface area contributed by atoms with E-state index in [4.69, 9.17) is 0 Å². The molecule has 6 heteroatoms. The minimum absolute atomic E-state index is 0.0815. The predicted octanol–water partition coefficient (Wildman–Crippen LogP) is 1.70. The van der Waals surface area contributed by atoms with E-state index < -0.39 is 11.5 Å². The number of aromatic amines is 1. The lowest BCUT2D eigenvalue weighted by Crippen LogP contribution is -2.22. The number of nitrogens with one attached hydrogen (secondary N) is 2. The number of hydrogen-bond donors (Lipinski definition) is 2. The summed E-state index contributed by atoms with van der Waals surface area (Å²) < 4.78 is 0. The fourth-order valence-electron chi connectivity index (χ4n) is 1.29. The summed E-state index contributed by atoms with van der Waals surface area (Å²) in [7, 11) is 0. The molecule has 0 aliphatic heterocycles. The van der Waals surface area contributed by atoms with Crippen LogP contribution in [-0.4, -0.2) is 15.9 Å². The molecule has 17 heavy (non-hydrogen) atoms. The SMILES string of the molecule is Cc1nc(NC(=O)c2ccc[nH]c2=O)sc1C. The van der Waals surface area contributed by atoms with Crippen LogP contribution < -0.4 is 10.9 Å². The summed E-state index contributed by atoms with van der Waals surface area (Å²) in [5, 5.41) is 3.12. The topological polar surface area (TPSA) is 74.8 Å². The standard InChI is InChI=1S/C11H11N3O2S/c1-6-7(2)17-11(13-6)14-10(16)8-4-3-5-12-9(8)15/h3-5H,1-2H3,(H,12,15)(H,13,14,16). The molecule has 0 fully saturated rings. The van der Waals surface area contributed by atoms with E-state index in [2.05, 4.69) is 15.3 Å². The van der Waals surface area contributed by atoms with Crippen molar-refractivity contribution in [3.8, 4) is 0 Å². The Balaban J connectivity index is 2.23. The summed E-state index contributed by atoms with van der Waals surface area (Å²) in [6.45, 7) is 3.80. The average molecular weight is 249 g/mol. The van der Waals surface area contributed by atoms with Gasteiger partial charge in [-0.25, -0.2) is 4.98 Å². The van der Waals surface area contributed by atoms with E-state index in [0.29, 0.717) is 5.13 Å². The van der Waals surface area contributed by atoms with Gasteiger partial charge in [-0.1, -0.05) is 0 Å². The number of H-pyrrole nitrogens is 1. The summed E-state index contributed by atoms with van der Waals surface area (Å²) in [5.41, 5.74) is 0.556. The van der Waals surface area contributed by atoms with Gasteiger partial charge in [0.2, 0.25) is 0 Å². The highest BCUT2D eigenvalue weighted by molar-refractivity contribution is 7.15. The number of thiazole rings is 1. The second-order valence-corrected chi connectivity index (χ2v) is 4.73. The van der Waals surface area contributed by atoms with Gasteiger partial charge in [0.1, 0.15) is 5.56 Å². The van der Waals surface area contributed by atoms with Crippen molar-refractivity contribution in [2.75, 3.05) is 5.32 Å². The minimum Gasteiger partial charge on any atom is -0.328 e. The van der Waals surface area contributed by atoms with Crippen LogP contribution in [0.5, 0.6) is 0 Å². The fraction of sp³-hybridized carbons (Fsp3) is 0.182. The molecule has 0 radical (unpaired) electrons. The largest absolute Gasteiger partial charge is 0.328 e. The Kier molecular flexibility index (Phi) is 3.06. The molecule has 0 spiro atoms. The molecule has 0 saturated heterocycles. The smallest absolute Gasteiger partial charge is 0.263 e. The Morgan fingerprint density at radius 2 is 2.24 bits per heavy atom. The first kappa shape index (κ1) is 11.5. The van der Waals surface area contributed by atoms with Crippen LogP contribution in [0, 0.1) is 13.8 Å². The van der Waals surface area contributed by atoms with Crippen LogP contribution in [0.4, 0.5) is 5.13 Å². The molecule has 2 aromatic rings. The van der Waals surface area contributed by atoms with Crippen molar-refractivity contribution in [1.29, 1.82) is 0 Å². The van der Waals surface area contributed by atoms with E-state index in [1.54, 1.807) is 6.07 Å². The van der Waals surface area contributed by atoms with Gasteiger partial charge in [-0.05, 0) is 26.0 Å². The lowest BCUT2D eigenvalue weighted by molar-refractivity contribution is 0.102.